The Kier molecular flexibility index (Phi) is 7.80. The third kappa shape index (κ3) is 5.90. The number of thiazole rings is 1. The molecule has 2 aliphatic rings. The second-order valence-electron chi connectivity index (χ2n) is 9.55. The minimum atomic E-state index is -0.321. The van der Waals surface area contributed by atoms with Crippen molar-refractivity contribution in [3.8, 4) is 5.75 Å². The Balaban J connectivity index is 1.46. The molecule has 7 nitrogen and oxygen atoms in total. The number of likely N-dealkylation sites (tertiary alicyclic amines) is 1. The Morgan fingerprint density at radius 1 is 1.09 bits per heavy atom. The summed E-state index contributed by atoms with van der Waals surface area (Å²) >= 11 is 7.58. The lowest BCUT2D eigenvalue weighted by molar-refractivity contribution is -0.136. The molecule has 2 aliphatic heterocycles. The van der Waals surface area contributed by atoms with Crippen molar-refractivity contribution < 1.29 is 14.3 Å². The highest BCUT2D eigenvalue weighted by Crippen LogP contribution is 2.38. The number of ether oxygens (including phenoxy) is 1. The number of hydrogen-bond donors (Lipinski definition) is 0. The molecule has 34 heavy (non-hydrogen) atoms. The van der Waals surface area contributed by atoms with Gasteiger partial charge in [-0.2, -0.15) is 0 Å². The number of carbonyl (C=O) groups excluding carboxylic acids is 2. The maximum atomic E-state index is 13.3. The van der Waals surface area contributed by atoms with Crippen LogP contribution in [-0.4, -0.2) is 84.4 Å². The maximum Gasteiger partial charge on any atom is 0.265 e. The molecule has 0 aliphatic carbocycles. The molecule has 0 bridgehead atoms. The zero-order valence-corrected chi connectivity index (χ0v) is 21.8. The molecule has 4 rings (SSSR count). The van der Waals surface area contributed by atoms with Crippen LogP contribution in [0.25, 0.3) is 0 Å². The van der Waals surface area contributed by atoms with Gasteiger partial charge < -0.3 is 19.4 Å². The lowest BCUT2D eigenvalue weighted by Crippen LogP contribution is -2.51. The van der Waals surface area contributed by atoms with Gasteiger partial charge in [0.2, 0.25) is 5.91 Å². The summed E-state index contributed by atoms with van der Waals surface area (Å²) in [5.74, 6) is 0.919. The predicted molar refractivity (Wildman–Crippen MR) is 135 cm³/mol. The van der Waals surface area contributed by atoms with Gasteiger partial charge in [0.25, 0.3) is 5.91 Å². The SMILES string of the molecule is Cc1nc(C)c(C(=O)N2CCC(COc3cccc(Cl)c3)(CC(=O)N3CCN(C)CC3)CC2)s1. The molecule has 2 fully saturated rings. The van der Waals surface area contributed by atoms with Crippen LogP contribution < -0.4 is 4.74 Å². The van der Waals surface area contributed by atoms with Crippen LogP contribution in [0.2, 0.25) is 5.02 Å². The lowest BCUT2D eigenvalue weighted by atomic mass is 9.75. The lowest BCUT2D eigenvalue weighted by Gasteiger charge is -2.42. The molecule has 0 unspecified atom stereocenters. The van der Waals surface area contributed by atoms with E-state index in [0.29, 0.717) is 41.8 Å². The smallest absolute Gasteiger partial charge is 0.265 e. The molecule has 9 heteroatoms. The van der Waals surface area contributed by atoms with E-state index in [1.807, 2.05) is 41.8 Å². The van der Waals surface area contributed by atoms with E-state index in [-0.39, 0.29) is 17.2 Å². The Morgan fingerprint density at radius 2 is 1.79 bits per heavy atom. The predicted octanol–water partition coefficient (Wildman–Crippen LogP) is 3.88. The summed E-state index contributed by atoms with van der Waals surface area (Å²) in [4.78, 5) is 37.6. The van der Waals surface area contributed by atoms with Gasteiger partial charge in [-0.1, -0.05) is 17.7 Å². The van der Waals surface area contributed by atoms with Crippen LogP contribution in [0.4, 0.5) is 0 Å². The Morgan fingerprint density at radius 3 is 2.41 bits per heavy atom. The number of hydrogen-bond acceptors (Lipinski definition) is 6. The summed E-state index contributed by atoms with van der Waals surface area (Å²) in [6.45, 7) is 8.75. The minimum absolute atomic E-state index is 0.0397. The number of piperazine rings is 1. The van der Waals surface area contributed by atoms with Crippen molar-refractivity contribution in [2.45, 2.75) is 33.1 Å². The van der Waals surface area contributed by atoms with Crippen LogP contribution in [0.3, 0.4) is 0 Å². The number of nitrogens with zero attached hydrogens (tertiary/aromatic N) is 4. The standard InChI is InChI=1S/C25H33ClN4O3S/c1-18-23(34-19(2)27-18)24(32)30-9-7-25(8-10-30,17-33-21-6-4-5-20(26)15-21)16-22(31)29-13-11-28(3)12-14-29/h4-6,15H,7-14,16-17H2,1-3H3. The molecular formula is C25H33ClN4O3S. The summed E-state index contributed by atoms with van der Waals surface area (Å²) in [5.41, 5.74) is 0.469. The van der Waals surface area contributed by atoms with Crippen LogP contribution in [0.5, 0.6) is 5.75 Å². The van der Waals surface area contributed by atoms with Crippen LogP contribution in [0.15, 0.2) is 24.3 Å². The van der Waals surface area contributed by atoms with E-state index in [1.165, 1.54) is 11.3 Å². The third-order valence-corrected chi connectivity index (χ3v) is 8.23. The van der Waals surface area contributed by atoms with Gasteiger partial charge in [0, 0.05) is 56.1 Å². The first-order valence-corrected chi connectivity index (χ1v) is 13.0. The number of rotatable bonds is 6. The van der Waals surface area contributed by atoms with Crippen molar-refractivity contribution in [3.63, 3.8) is 0 Å². The van der Waals surface area contributed by atoms with Gasteiger partial charge >= 0.3 is 0 Å². The number of piperidine rings is 1. The number of benzene rings is 1. The van der Waals surface area contributed by atoms with Crippen molar-refractivity contribution in [1.29, 1.82) is 0 Å². The van der Waals surface area contributed by atoms with Crippen molar-refractivity contribution >= 4 is 34.8 Å². The minimum Gasteiger partial charge on any atom is -0.493 e. The molecule has 0 atom stereocenters. The number of amides is 2. The first-order chi connectivity index (χ1) is 16.2. The summed E-state index contributed by atoms with van der Waals surface area (Å²) in [7, 11) is 2.08. The zero-order chi connectivity index (χ0) is 24.3. The van der Waals surface area contributed by atoms with E-state index < -0.39 is 0 Å². The molecule has 0 spiro atoms. The molecule has 184 valence electrons. The zero-order valence-electron chi connectivity index (χ0n) is 20.2. The van der Waals surface area contributed by atoms with Gasteiger partial charge in [0.1, 0.15) is 10.6 Å². The summed E-state index contributed by atoms with van der Waals surface area (Å²) in [5, 5.41) is 1.52. The van der Waals surface area contributed by atoms with Gasteiger partial charge in [-0.25, -0.2) is 4.98 Å². The largest absolute Gasteiger partial charge is 0.493 e. The van der Waals surface area contributed by atoms with Gasteiger partial charge in [0.05, 0.1) is 17.3 Å². The maximum absolute atomic E-state index is 13.3. The monoisotopic (exact) mass is 504 g/mol. The first kappa shape index (κ1) is 24.9. The first-order valence-electron chi connectivity index (χ1n) is 11.8. The van der Waals surface area contributed by atoms with Crippen molar-refractivity contribution in [3.05, 3.63) is 44.9 Å². The van der Waals surface area contributed by atoms with Crippen molar-refractivity contribution in [2.24, 2.45) is 5.41 Å². The van der Waals surface area contributed by atoms with Gasteiger partial charge in [-0.3, -0.25) is 9.59 Å². The van der Waals surface area contributed by atoms with E-state index in [9.17, 15) is 9.59 Å². The number of halogens is 1. The molecule has 2 saturated heterocycles. The van der Waals surface area contributed by atoms with Gasteiger partial charge in [-0.15, -0.1) is 11.3 Å². The normalized spacial score (nSPS) is 18.7. The van der Waals surface area contributed by atoms with Gasteiger partial charge in [0.15, 0.2) is 0 Å². The molecule has 3 heterocycles. The van der Waals surface area contributed by atoms with E-state index in [0.717, 1.165) is 49.7 Å². The summed E-state index contributed by atoms with van der Waals surface area (Å²) in [6, 6.07) is 7.36. The summed E-state index contributed by atoms with van der Waals surface area (Å²) in [6.07, 6.45) is 1.86. The van der Waals surface area contributed by atoms with E-state index in [2.05, 4.69) is 16.9 Å². The average molecular weight is 505 g/mol. The van der Waals surface area contributed by atoms with Crippen molar-refractivity contribution in [1.82, 2.24) is 19.7 Å². The van der Waals surface area contributed by atoms with Crippen LogP contribution in [0, 0.1) is 19.3 Å². The molecule has 2 aromatic rings. The summed E-state index contributed by atoms with van der Waals surface area (Å²) < 4.78 is 6.16. The van der Waals surface area contributed by atoms with E-state index in [1.54, 1.807) is 6.07 Å². The topological polar surface area (TPSA) is 66.0 Å². The van der Waals surface area contributed by atoms with Crippen LogP contribution >= 0.6 is 22.9 Å². The quantitative estimate of drug-likeness (QED) is 0.597. The fourth-order valence-corrected chi connectivity index (χ4v) is 5.78. The van der Waals surface area contributed by atoms with Crippen molar-refractivity contribution in [2.75, 3.05) is 52.9 Å². The fourth-order valence-electron chi connectivity index (χ4n) is 4.71. The van der Waals surface area contributed by atoms with Crippen LogP contribution in [-0.2, 0) is 4.79 Å². The van der Waals surface area contributed by atoms with Crippen LogP contribution in [0.1, 0.15) is 39.6 Å². The Bertz CT molecular complexity index is 1030. The van der Waals surface area contributed by atoms with E-state index >= 15 is 0 Å². The molecule has 2 amide bonds. The molecule has 0 saturated carbocycles. The second-order valence-corrected chi connectivity index (χ2v) is 11.2. The molecular weight excluding hydrogens is 472 g/mol. The molecule has 1 aromatic carbocycles. The number of aromatic nitrogens is 1. The molecule has 0 N–H and O–H groups in total. The highest BCUT2D eigenvalue weighted by atomic mass is 35.5. The third-order valence-electron chi connectivity index (χ3n) is 6.93. The Hall–Kier alpha value is -2.16. The average Bonchev–Trinajstić information content (AvgIpc) is 3.16. The Labute approximate surface area is 210 Å². The number of aryl methyl sites for hydroxylation is 2. The van der Waals surface area contributed by atoms with E-state index in [4.69, 9.17) is 16.3 Å². The van der Waals surface area contributed by atoms with Gasteiger partial charge in [-0.05, 0) is 51.9 Å². The fraction of sp³-hybridized carbons (Fsp3) is 0.560. The number of carbonyl (C=O) groups is 2. The second kappa shape index (κ2) is 10.6. The highest BCUT2D eigenvalue weighted by Gasteiger charge is 2.40. The highest BCUT2D eigenvalue weighted by molar-refractivity contribution is 7.13. The molecule has 0 radical (unpaired) electrons. The molecule has 1 aromatic heterocycles. The number of likely N-dealkylation sites (N-methyl/N-ethyl adjacent to an activating group) is 1.